The average molecular weight is 204 g/mol. The van der Waals surface area contributed by atoms with Crippen molar-refractivity contribution in [1.29, 1.82) is 0 Å². The summed E-state index contributed by atoms with van der Waals surface area (Å²) in [4.78, 5) is 21.2. The Hall–Kier alpha value is -1.14. The van der Waals surface area contributed by atoms with E-state index in [4.69, 9.17) is 21.7 Å². The van der Waals surface area contributed by atoms with E-state index in [2.05, 4.69) is 0 Å². The highest BCUT2D eigenvalue weighted by Gasteiger charge is 2.34. The lowest BCUT2D eigenvalue weighted by Crippen LogP contribution is -2.50. The van der Waals surface area contributed by atoms with E-state index in [0.29, 0.717) is 0 Å². The number of rotatable bonds is 5. The van der Waals surface area contributed by atoms with Gasteiger partial charge in [0.25, 0.3) is 0 Å². The van der Waals surface area contributed by atoms with E-state index >= 15 is 0 Å². The molecule has 0 rings (SSSR count). The third kappa shape index (κ3) is 3.31. The summed E-state index contributed by atoms with van der Waals surface area (Å²) >= 11 is 0. The maximum absolute atomic E-state index is 10.6. The van der Waals surface area contributed by atoms with Crippen molar-refractivity contribution in [3.05, 3.63) is 0 Å². The quantitative estimate of drug-likeness (QED) is 0.472. The minimum atomic E-state index is -1.43. The fourth-order valence-corrected chi connectivity index (χ4v) is 0.733. The number of carboxylic acid groups (broad SMARTS) is 2. The predicted octanol–water partition coefficient (Wildman–Crippen LogP) is -0.629. The zero-order valence-electron chi connectivity index (χ0n) is 8.28. The van der Waals surface area contributed by atoms with Crippen molar-refractivity contribution < 1.29 is 19.8 Å². The van der Waals surface area contributed by atoms with Crippen LogP contribution in [0.4, 0.5) is 0 Å². The Balaban J connectivity index is 4.32. The highest BCUT2D eigenvalue weighted by atomic mass is 16.4. The Morgan fingerprint density at radius 2 is 1.21 bits per heavy atom. The lowest BCUT2D eigenvalue weighted by molar-refractivity contribution is -0.146. The Morgan fingerprint density at radius 1 is 1.00 bits per heavy atom. The molecule has 0 spiro atoms. The van der Waals surface area contributed by atoms with Gasteiger partial charge < -0.3 is 21.7 Å². The van der Waals surface area contributed by atoms with E-state index in [-0.39, 0.29) is 12.8 Å². The van der Waals surface area contributed by atoms with Crippen molar-refractivity contribution in [2.24, 2.45) is 11.5 Å². The third-order valence-corrected chi connectivity index (χ3v) is 2.14. The molecule has 0 heterocycles. The van der Waals surface area contributed by atoms with Crippen molar-refractivity contribution in [3.63, 3.8) is 0 Å². The molecule has 0 saturated carbocycles. The first-order valence-corrected chi connectivity index (χ1v) is 4.14. The van der Waals surface area contributed by atoms with Crippen molar-refractivity contribution in [3.8, 4) is 0 Å². The van der Waals surface area contributed by atoms with E-state index in [9.17, 15) is 9.59 Å². The van der Waals surface area contributed by atoms with Gasteiger partial charge in [-0.15, -0.1) is 0 Å². The van der Waals surface area contributed by atoms with E-state index in [1.807, 2.05) is 0 Å². The van der Waals surface area contributed by atoms with Gasteiger partial charge in [-0.25, -0.2) is 0 Å². The Morgan fingerprint density at radius 3 is 1.36 bits per heavy atom. The van der Waals surface area contributed by atoms with E-state index < -0.39 is 23.0 Å². The number of aliphatic carboxylic acids is 2. The third-order valence-electron chi connectivity index (χ3n) is 2.14. The fraction of sp³-hybridized carbons (Fsp3) is 0.750. The first kappa shape index (κ1) is 12.9. The molecule has 0 saturated heterocycles. The second-order valence-corrected chi connectivity index (χ2v) is 3.95. The van der Waals surface area contributed by atoms with Crippen LogP contribution in [0.3, 0.4) is 0 Å². The predicted molar refractivity (Wildman–Crippen MR) is 49.7 cm³/mol. The average Bonchev–Trinajstić information content (AvgIpc) is 2.01. The van der Waals surface area contributed by atoms with Crippen molar-refractivity contribution >= 4 is 11.9 Å². The normalized spacial score (nSPS) is 19.4. The Labute approximate surface area is 81.9 Å². The Bertz CT molecular complexity index is 222. The van der Waals surface area contributed by atoms with Gasteiger partial charge >= 0.3 is 11.9 Å². The van der Waals surface area contributed by atoms with Gasteiger partial charge in [0.1, 0.15) is 11.1 Å². The molecule has 0 aliphatic rings. The molecule has 0 aliphatic heterocycles. The SMILES string of the molecule is C[C@@](N)(CC[C@@](C)(N)C(=O)O)C(=O)O. The molecule has 0 aliphatic carbocycles. The van der Waals surface area contributed by atoms with Gasteiger partial charge in [-0.2, -0.15) is 0 Å². The molecule has 0 radical (unpaired) electrons. The summed E-state index contributed by atoms with van der Waals surface area (Å²) in [5.41, 5.74) is 7.97. The van der Waals surface area contributed by atoms with Crippen molar-refractivity contribution in [1.82, 2.24) is 0 Å². The molecule has 0 aromatic rings. The molecule has 6 N–H and O–H groups in total. The summed E-state index contributed by atoms with van der Waals surface area (Å²) in [6, 6.07) is 0. The van der Waals surface area contributed by atoms with Crippen LogP contribution in [-0.2, 0) is 9.59 Å². The standard InChI is InChI=1S/C8H16N2O4/c1-7(9,5(11)12)3-4-8(2,10)6(13)14/h3-4,9-10H2,1-2H3,(H,11,12)(H,13,14)/t7-,8-/m1/s1. The van der Waals surface area contributed by atoms with Crippen LogP contribution in [0.15, 0.2) is 0 Å². The summed E-state index contributed by atoms with van der Waals surface area (Å²) in [7, 11) is 0. The van der Waals surface area contributed by atoms with Crippen molar-refractivity contribution in [2.45, 2.75) is 37.8 Å². The van der Waals surface area contributed by atoms with Crippen LogP contribution in [0.25, 0.3) is 0 Å². The summed E-state index contributed by atoms with van der Waals surface area (Å²) in [5.74, 6) is -2.34. The lowest BCUT2D eigenvalue weighted by Gasteiger charge is -2.25. The molecule has 0 fully saturated rings. The molecular formula is C8H16N2O4. The summed E-state index contributed by atoms with van der Waals surface area (Å²) in [6.07, 6.45) is 0.0310. The molecule has 82 valence electrons. The van der Waals surface area contributed by atoms with Gasteiger partial charge in [0.15, 0.2) is 0 Å². The number of carboxylic acids is 2. The highest BCUT2D eigenvalue weighted by molar-refractivity contribution is 5.79. The molecule has 0 aromatic heterocycles. The molecule has 0 unspecified atom stereocenters. The van der Waals surface area contributed by atoms with Crippen LogP contribution >= 0.6 is 0 Å². The van der Waals surface area contributed by atoms with Gasteiger partial charge in [-0.3, -0.25) is 9.59 Å². The van der Waals surface area contributed by atoms with Crippen LogP contribution in [0, 0.1) is 0 Å². The summed E-state index contributed by atoms with van der Waals surface area (Å²) < 4.78 is 0. The van der Waals surface area contributed by atoms with Gasteiger partial charge in [0, 0.05) is 0 Å². The van der Waals surface area contributed by atoms with E-state index in [1.165, 1.54) is 13.8 Å². The highest BCUT2D eigenvalue weighted by Crippen LogP contribution is 2.16. The molecule has 14 heavy (non-hydrogen) atoms. The maximum atomic E-state index is 10.6. The maximum Gasteiger partial charge on any atom is 0.323 e. The topological polar surface area (TPSA) is 127 Å². The number of hydrogen-bond acceptors (Lipinski definition) is 4. The minimum absolute atomic E-state index is 0.0155. The molecule has 6 heteroatoms. The monoisotopic (exact) mass is 204 g/mol. The van der Waals surface area contributed by atoms with Crippen LogP contribution in [0.2, 0.25) is 0 Å². The lowest BCUT2D eigenvalue weighted by atomic mass is 9.88. The number of nitrogens with two attached hydrogens (primary N) is 2. The van der Waals surface area contributed by atoms with Crippen LogP contribution < -0.4 is 11.5 Å². The van der Waals surface area contributed by atoms with Gasteiger partial charge in [-0.1, -0.05) is 0 Å². The smallest absolute Gasteiger partial charge is 0.323 e. The minimum Gasteiger partial charge on any atom is -0.480 e. The van der Waals surface area contributed by atoms with E-state index in [1.54, 1.807) is 0 Å². The molecule has 0 amide bonds. The molecular weight excluding hydrogens is 188 g/mol. The second kappa shape index (κ2) is 3.93. The molecule has 0 aromatic carbocycles. The first-order valence-electron chi connectivity index (χ1n) is 4.14. The Kier molecular flexibility index (Phi) is 3.61. The fourth-order valence-electron chi connectivity index (χ4n) is 0.733. The second-order valence-electron chi connectivity index (χ2n) is 3.95. The molecule has 6 nitrogen and oxygen atoms in total. The van der Waals surface area contributed by atoms with Crippen LogP contribution in [0.5, 0.6) is 0 Å². The first-order chi connectivity index (χ1) is 6.09. The zero-order valence-corrected chi connectivity index (χ0v) is 8.28. The number of carbonyl (C=O) groups is 2. The van der Waals surface area contributed by atoms with E-state index in [0.717, 1.165) is 0 Å². The molecule has 2 atom stereocenters. The van der Waals surface area contributed by atoms with Crippen molar-refractivity contribution in [2.75, 3.05) is 0 Å². The van der Waals surface area contributed by atoms with Gasteiger partial charge in [0.2, 0.25) is 0 Å². The van der Waals surface area contributed by atoms with Gasteiger partial charge in [-0.05, 0) is 26.7 Å². The van der Waals surface area contributed by atoms with Gasteiger partial charge in [0.05, 0.1) is 0 Å². The summed E-state index contributed by atoms with van der Waals surface area (Å²) in [6.45, 7) is 2.65. The van der Waals surface area contributed by atoms with Crippen LogP contribution in [-0.4, -0.2) is 33.2 Å². The number of hydrogen-bond donors (Lipinski definition) is 4. The molecule has 0 bridgehead atoms. The summed E-state index contributed by atoms with van der Waals surface area (Å²) in [5, 5.41) is 17.3. The van der Waals surface area contributed by atoms with Crippen LogP contribution in [0.1, 0.15) is 26.7 Å². The largest absolute Gasteiger partial charge is 0.480 e. The zero-order chi connectivity index (χ0) is 11.6.